The molecule has 0 spiro atoms. The van der Waals surface area contributed by atoms with Crippen molar-refractivity contribution in [1.29, 1.82) is 0 Å². The van der Waals surface area contributed by atoms with Gasteiger partial charge < -0.3 is 19.2 Å². The molecule has 0 aliphatic heterocycles. The molecule has 0 aliphatic rings. The molecule has 0 bridgehead atoms. The van der Waals surface area contributed by atoms with Crippen LogP contribution >= 0.6 is 34.3 Å². The minimum atomic E-state index is -0.805. The van der Waals surface area contributed by atoms with Gasteiger partial charge >= 0.3 is 5.63 Å². The first-order chi connectivity index (χ1) is 16.0. The Labute approximate surface area is 201 Å². The maximum absolute atomic E-state index is 12.8. The number of benzene rings is 1. The molecule has 4 aromatic rings. The number of hydrogen-bond donors (Lipinski definition) is 2. The van der Waals surface area contributed by atoms with Gasteiger partial charge in [0.15, 0.2) is 10.8 Å². The number of para-hydroxylation sites is 1. The van der Waals surface area contributed by atoms with Gasteiger partial charge in [0.25, 0.3) is 5.91 Å². The van der Waals surface area contributed by atoms with Crippen LogP contribution in [0.15, 0.2) is 57.1 Å². The van der Waals surface area contributed by atoms with Gasteiger partial charge in [0.2, 0.25) is 10.9 Å². The lowest BCUT2D eigenvalue weighted by atomic mass is 10.2. The SMILES string of the molecule is COCCOc1c(Nc2ccccc2)cc(C(=O)Nc2nnc(-c3sccc3Cl)s2)oc1=O. The molecule has 9 nitrogen and oxygen atoms in total. The van der Waals surface area contributed by atoms with E-state index in [2.05, 4.69) is 20.8 Å². The quantitative estimate of drug-likeness (QED) is 0.309. The van der Waals surface area contributed by atoms with Crippen molar-refractivity contribution in [3.05, 3.63) is 69.0 Å². The number of rotatable bonds is 9. The molecule has 0 fully saturated rings. The highest BCUT2D eigenvalue weighted by Gasteiger charge is 2.20. The van der Waals surface area contributed by atoms with Crippen LogP contribution in [0.25, 0.3) is 9.88 Å². The molecular weight excluding hydrogens is 488 g/mol. The normalized spacial score (nSPS) is 10.7. The van der Waals surface area contributed by atoms with Gasteiger partial charge in [0, 0.05) is 18.9 Å². The molecule has 0 saturated carbocycles. The fourth-order valence-electron chi connectivity index (χ4n) is 2.70. The molecule has 3 aromatic heterocycles. The molecule has 0 saturated heterocycles. The number of halogens is 1. The molecule has 0 unspecified atom stereocenters. The lowest BCUT2D eigenvalue weighted by molar-refractivity contribution is 0.0990. The molecule has 0 aliphatic carbocycles. The van der Waals surface area contributed by atoms with Crippen molar-refractivity contribution < 1.29 is 18.7 Å². The summed E-state index contributed by atoms with van der Waals surface area (Å²) in [6.45, 7) is 0.412. The van der Waals surface area contributed by atoms with Crippen molar-refractivity contribution in [2.75, 3.05) is 31.0 Å². The number of methoxy groups -OCH3 is 1. The first kappa shape index (κ1) is 22.9. The fourth-order valence-corrected chi connectivity index (χ4v) is 4.74. The second-order valence-electron chi connectivity index (χ2n) is 6.44. The highest BCUT2D eigenvalue weighted by molar-refractivity contribution is 7.23. The zero-order chi connectivity index (χ0) is 23.2. The number of ether oxygens (including phenoxy) is 2. The number of carbonyl (C=O) groups is 1. The van der Waals surface area contributed by atoms with E-state index in [1.165, 1.54) is 24.5 Å². The van der Waals surface area contributed by atoms with E-state index in [9.17, 15) is 9.59 Å². The number of nitrogens with zero attached hydrogens (tertiary/aromatic N) is 2. The molecule has 1 aromatic carbocycles. The van der Waals surface area contributed by atoms with E-state index < -0.39 is 11.5 Å². The van der Waals surface area contributed by atoms with E-state index >= 15 is 0 Å². The molecule has 33 heavy (non-hydrogen) atoms. The molecule has 2 N–H and O–H groups in total. The van der Waals surface area contributed by atoms with Gasteiger partial charge in [-0.05, 0) is 23.6 Å². The van der Waals surface area contributed by atoms with Crippen LogP contribution in [0.3, 0.4) is 0 Å². The number of anilines is 3. The summed E-state index contributed by atoms with van der Waals surface area (Å²) in [5.41, 5.74) is 0.176. The van der Waals surface area contributed by atoms with E-state index in [-0.39, 0.29) is 35.5 Å². The van der Waals surface area contributed by atoms with Crippen molar-refractivity contribution >= 4 is 56.7 Å². The van der Waals surface area contributed by atoms with Crippen LogP contribution in [0.1, 0.15) is 10.6 Å². The van der Waals surface area contributed by atoms with Gasteiger partial charge in [0.05, 0.1) is 22.2 Å². The number of carbonyl (C=O) groups excluding carboxylic acids is 1. The van der Waals surface area contributed by atoms with Crippen molar-refractivity contribution in [2.24, 2.45) is 0 Å². The Hall–Kier alpha value is -3.25. The van der Waals surface area contributed by atoms with E-state index in [1.807, 2.05) is 35.7 Å². The van der Waals surface area contributed by atoms with Crippen molar-refractivity contribution in [1.82, 2.24) is 10.2 Å². The third-order valence-electron chi connectivity index (χ3n) is 4.18. The van der Waals surface area contributed by atoms with Crippen LogP contribution < -0.4 is 21.0 Å². The molecule has 4 rings (SSSR count). The van der Waals surface area contributed by atoms with Crippen LogP contribution in [0.4, 0.5) is 16.5 Å². The highest BCUT2D eigenvalue weighted by Crippen LogP contribution is 2.36. The van der Waals surface area contributed by atoms with Crippen LogP contribution in [-0.4, -0.2) is 36.4 Å². The van der Waals surface area contributed by atoms with Gasteiger partial charge in [-0.1, -0.05) is 41.1 Å². The molecule has 1 amide bonds. The lowest BCUT2D eigenvalue weighted by Gasteiger charge is -2.13. The maximum atomic E-state index is 12.8. The zero-order valence-corrected chi connectivity index (χ0v) is 19.6. The molecular formula is C21H17ClN4O5S2. The smallest absolute Gasteiger partial charge is 0.381 e. The Kier molecular flexibility index (Phi) is 7.35. The van der Waals surface area contributed by atoms with Gasteiger partial charge in [-0.2, -0.15) is 0 Å². The molecule has 170 valence electrons. The van der Waals surface area contributed by atoms with Gasteiger partial charge in [0.1, 0.15) is 6.61 Å². The Morgan fingerprint density at radius 3 is 2.73 bits per heavy atom. The topological polar surface area (TPSA) is 116 Å². The Bertz CT molecular complexity index is 1310. The lowest BCUT2D eigenvalue weighted by Crippen LogP contribution is -2.18. The van der Waals surface area contributed by atoms with Crippen LogP contribution in [-0.2, 0) is 4.74 Å². The number of nitrogens with one attached hydrogen (secondary N) is 2. The monoisotopic (exact) mass is 504 g/mol. The summed E-state index contributed by atoms with van der Waals surface area (Å²) < 4.78 is 15.7. The summed E-state index contributed by atoms with van der Waals surface area (Å²) >= 11 is 8.70. The van der Waals surface area contributed by atoms with E-state index in [4.69, 9.17) is 25.5 Å². The third kappa shape index (κ3) is 5.57. The fraction of sp³-hybridized carbons (Fsp3) is 0.143. The van der Waals surface area contributed by atoms with Gasteiger partial charge in [-0.25, -0.2) is 4.79 Å². The number of amides is 1. The second kappa shape index (κ2) is 10.6. The molecule has 3 heterocycles. The van der Waals surface area contributed by atoms with Crippen LogP contribution in [0, 0.1) is 0 Å². The molecule has 0 atom stereocenters. The summed E-state index contributed by atoms with van der Waals surface area (Å²) in [5, 5.41) is 16.9. The average Bonchev–Trinajstić information content (AvgIpc) is 3.44. The van der Waals surface area contributed by atoms with Crippen LogP contribution in [0.5, 0.6) is 5.75 Å². The molecule has 0 radical (unpaired) electrons. The van der Waals surface area contributed by atoms with Crippen molar-refractivity contribution in [3.8, 4) is 15.6 Å². The summed E-state index contributed by atoms with van der Waals surface area (Å²) in [5.74, 6) is -0.937. The van der Waals surface area contributed by atoms with Crippen LogP contribution in [0.2, 0.25) is 5.02 Å². The average molecular weight is 505 g/mol. The summed E-state index contributed by atoms with van der Waals surface area (Å²) in [6.07, 6.45) is 0. The number of aromatic nitrogens is 2. The number of thiophene rings is 1. The Morgan fingerprint density at radius 2 is 2.00 bits per heavy atom. The first-order valence-electron chi connectivity index (χ1n) is 9.55. The second-order valence-corrected chi connectivity index (χ2v) is 8.74. The minimum Gasteiger partial charge on any atom is -0.483 e. The van der Waals surface area contributed by atoms with E-state index in [0.717, 1.165) is 16.2 Å². The van der Waals surface area contributed by atoms with E-state index in [0.29, 0.717) is 15.7 Å². The van der Waals surface area contributed by atoms with Crippen molar-refractivity contribution in [3.63, 3.8) is 0 Å². The minimum absolute atomic E-state index is 0.0574. The summed E-state index contributed by atoms with van der Waals surface area (Å²) in [6, 6.07) is 12.3. The predicted molar refractivity (Wildman–Crippen MR) is 128 cm³/mol. The number of hydrogen-bond acceptors (Lipinski definition) is 10. The molecule has 12 heteroatoms. The Morgan fingerprint density at radius 1 is 1.18 bits per heavy atom. The largest absolute Gasteiger partial charge is 0.483 e. The van der Waals surface area contributed by atoms with Gasteiger partial charge in [-0.15, -0.1) is 21.5 Å². The summed E-state index contributed by atoms with van der Waals surface area (Å²) in [7, 11) is 1.52. The first-order valence-corrected chi connectivity index (χ1v) is 11.6. The highest BCUT2D eigenvalue weighted by atomic mass is 35.5. The van der Waals surface area contributed by atoms with E-state index in [1.54, 1.807) is 6.07 Å². The third-order valence-corrected chi connectivity index (χ3v) is 6.51. The standard InChI is InChI=1S/C21H17ClN4O5S2/c1-29-8-9-30-16-14(23-12-5-3-2-4-6-12)11-15(31-20(16)28)18(27)24-21-26-25-19(33-21)17-13(22)7-10-32-17/h2-7,10-11,23H,8-9H2,1H3,(H,24,26,27). The van der Waals surface area contributed by atoms with Crippen molar-refractivity contribution in [2.45, 2.75) is 0 Å². The van der Waals surface area contributed by atoms with Gasteiger partial charge in [-0.3, -0.25) is 10.1 Å². The maximum Gasteiger partial charge on any atom is 0.381 e. The Balaban J connectivity index is 1.59. The predicted octanol–water partition coefficient (Wildman–Crippen LogP) is 4.89. The zero-order valence-electron chi connectivity index (χ0n) is 17.2. The summed E-state index contributed by atoms with van der Waals surface area (Å²) in [4.78, 5) is 26.2.